The number of nitrogens with zero attached hydrogens (tertiary/aromatic N) is 4. The lowest BCUT2D eigenvalue weighted by Gasteiger charge is -2.35. The molecule has 1 aromatic carbocycles. The van der Waals surface area contributed by atoms with Crippen LogP contribution in [0.15, 0.2) is 35.2 Å². The van der Waals surface area contributed by atoms with Gasteiger partial charge in [0.1, 0.15) is 10.6 Å². The monoisotopic (exact) mass is 434 g/mol. The van der Waals surface area contributed by atoms with Gasteiger partial charge in [-0.05, 0) is 46.8 Å². The fourth-order valence-corrected chi connectivity index (χ4v) is 5.60. The maximum Gasteiger partial charge on any atom is 0.263 e. The zero-order valence-electron chi connectivity index (χ0n) is 18.2. The highest BCUT2D eigenvalue weighted by Crippen LogP contribution is 2.26. The van der Waals surface area contributed by atoms with E-state index in [-0.39, 0.29) is 29.9 Å². The van der Waals surface area contributed by atoms with Crippen molar-refractivity contribution in [1.29, 1.82) is 0 Å². The molecule has 1 aromatic heterocycles. The van der Waals surface area contributed by atoms with Crippen LogP contribution in [0.4, 0.5) is 0 Å². The van der Waals surface area contributed by atoms with Crippen LogP contribution >= 0.6 is 0 Å². The molecule has 1 unspecified atom stereocenters. The first-order valence-electron chi connectivity index (χ1n) is 10.2. The van der Waals surface area contributed by atoms with Gasteiger partial charge in [0.25, 0.3) is 5.91 Å². The van der Waals surface area contributed by atoms with Gasteiger partial charge in [0, 0.05) is 32.2 Å². The van der Waals surface area contributed by atoms with Crippen molar-refractivity contribution in [2.75, 3.05) is 26.2 Å². The molecule has 3 rings (SSSR count). The van der Waals surface area contributed by atoms with Crippen molar-refractivity contribution in [3.63, 3.8) is 0 Å². The quantitative estimate of drug-likeness (QED) is 0.697. The molecule has 2 aromatic rings. The number of amides is 1. The minimum Gasteiger partial charge on any atom is -0.481 e. The molecule has 0 radical (unpaired) electrons. The van der Waals surface area contributed by atoms with Crippen molar-refractivity contribution < 1.29 is 17.9 Å². The third kappa shape index (κ3) is 4.37. The number of hydrogen-bond donors (Lipinski definition) is 0. The topological polar surface area (TPSA) is 84.7 Å². The highest BCUT2D eigenvalue weighted by molar-refractivity contribution is 7.89. The third-order valence-electron chi connectivity index (χ3n) is 5.30. The van der Waals surface area contributed by atoms with E-state index in [1.807, 2.05) is 32.0 Å². The second-order valence-electron chi connectivity index (χ2n) is 7.84. The average molecular weight is 435 g/mol. The van der Waals surface area contributed by atoms with Gasteiger partial charge in [-0.1, -0.05) is 18.2 Å². The lowest BCUT2D eigenvalue weighted by Crippen LogP contribution is -2.53. The number of para-hydroxylation sites is 1. The number of piperazine rings is 1. The maximum atomic E-state index is 13.3. The Hall–Kier alpha value is -2.39. The first kappa shape index (κ1) is 22.3. The molecular formula is C21H30N4O4S. The van der Waals surface area contributed by atoms with E-state index >= 15 is 0 Å². The summed E-state index contributed by atoms with van der Waals surface area (Å²) in [4.78, 5) is 14.7. The van der Waals surface area contributed by atoms with Crippen molar-refractivity contribution in [3.05, 3.63) is 41.7 Å². The van der Waals surface area contributed by atoms with E-state index in [9.17, 15) is 13.2 Å². The summed E-state index contributed by atoms with van der Waals surface area (Å²) in [6.45, 7) is 10.3. The molecule has 8 nitrogen and oxygen atoms in total. The molecule has 2 heterocycles. The molecule has 9 heteroatoms. The third-order valence-corrected chi connectivity index (χ3v) is 7.45. The zero-order valence-corrected chi connectivity index (χ0v) is 19.0. The highest BCUT2D eigenvalue weighted by atomic mass is 32.2. The van der Waals surface area contributed by atoms with Crippen LogP contribution in [0.1, 0.15) is 38.2 Å². The number of rotatable bonds is 6. The van der Waals surface area contributed by atoms with E-state index in [0.717, 1.165) is 0 Å². The van der Waals surface area contributed by atoms with Crippen molar-refractivity contribution in [3.8, 4) is 5.75 Å². The molecule has 0 saturated carbocycles. The van der Waals surface area contributed by atoms with Crippen molar-refractivity contribution in [2.45, 2.75) is 51.7 Å². The number of sulfonamides is 1. The summed E-state index contributed by atoms with van der Waals surface area (Å²) in [5.74, 6) is 0.489. The Labute approximate surface area is 178 Å². The van der Waals surface area contributed by atoms with E-state index in [2.05, 4.69) is 5.10 Å². The molecule has 1 saturated heterocycles. The molecule has 1 fully saturated rings. The largest absolute Gasteiger partial charge is 0.481 e. The second-order valence-corrected chi connectivity index (χ2v) is 9.72. The SMILES string of the molecule is Cc1nn(C(C)C)c(C)c1S(=O)(=O)N1CCN(C(=O)C(C)Oc2ccccc2)CC1. The average Bonchev–Trinajstić information content (AvgIpc) is 3.03. The summed E-state index contributed by atoms with van der Waals surface area (Å²) in [5.41, 5.74) is 1.15. The Morgan fingerprint density at radius 2 is 1.63 bits per heavy atom. The fourth-order valence-electron chi connectivity index (χ4n) is 3.81. The Balaban J connectivity index is 1.67. The van der Waals surface area contributed by atoms with Gasteiger partial charge in [-0.3, -0.25) is 9.48 Å². The number of hydrogen-bond acceptors (Lipinski definition) is 5. The molecule has 1 aliphatic heterocycles. The van der Waals surface area contributed by atoms with E-state index in [0.29, 0.717) is 30.2 Å². The van der Waals surface area contributed by atoms with E-state index in [1.165, 1.54) is 4.31 Å². The smallest absolute Gasteiger partial charge is 0.263 e. The second kappa shape index (κ2) is 8.77. The van der Waals surface area contributed by atoms with Crippen LogP contribution in [0.2, 0.25) is 0 Å². The summed E-state index contributed by atoms with van der Waals surface area (Å²) in [5, 5.41) is 4.41. The summed E-state index contributed by atoms with van der Waals surface area (Å²) in [6.07, 6.45) is -0.635. The summed E-state index contributed by atoms with van der Waals surface area (Å²) in [6, 6.07) is 9.26. The molecule has 30 heavy (non-hydrogen) atoms. The minimum atomic E-state index is -3.67. The molecule has 1 aliphatic rings. The maximum absolute atomic E-state index is 13.3. The van der Waals surface area contributed by atoms with Gasteiger partial charge in [-0.25, -0.2) is 8.42 Å². The van der Waals surface area contributed by atoms with Gasteiger partial charge >= 0.3 is 0 Å². The van der Waals surface area contributed by atoms with E-state index in [4.69, 9.17) is 4.74 Å². The molecule has 164 valence electrons. The van der Waals surface area contributed by atoms with E-state index < -0.39 is 16.1 Å². The summed E-state index contributed by atoms with van der Waals surface area (Å²) in [7, 11) is -3.67. The van der Waals surface area contributed by atoms with Crippen molar-refractivity contribution >= 4 is 15.9 Å². The van der Waals surface area contributed by atoms with E-state index in [1.54, 1.807) is 42.5 Å². The fraction of sp³-hybridized carbons (Fsp3) is 0.524. The number of ether oxygens (including phenoxy) is 1. The molecule has 0 N–H and O–H groups in total. The minimum absolute atomic E-state index is 0.0771. The predicted molar refractivity (Wildman–Crippen MR) is 114 cm³/mol. The molecular weight excluding hydrogens is 404 g/mol. The molecule has 0 spiro atoms. The highest BCUT2D eigenvalue weighted by Gasteiger charge is 2.35. The van der Waals surface area contributed by atoms with Gasteiger partial charge in [0.05, 0.1) is 11.4 Å². The number of benzene rings is 1. The lowest BCUT2D eigenvalue weighted by atomic mass is 10.3. The van der Waals surface area contributed by atoms with Crippen LogP contribution in [0, 0.1) is 13.8 Å². The van der Waals surface area contributed by atoms with Gasteiger partial charge < -0.3 is 9.64 Å². The Morgan fingerprint density at radius 3 is 2.17 bits per heavy atom. The standard InChI is InChI=1S/C21H30N4O4S/c1-15(2)25-17(4)20(16(3)22-25)30(27,28)24-13-11-23(12-14-24)21(26)18(5)29-19-9-7-6-8-10-19/h6-10,15,18H,11-14H2,1-5H3. The van der Waals surface area contributed by atoms with Crippen LogP contribution in [-0.4, -0.2) is 65.6 Å². The molecule has 0 aliphatic carbocycles. The first-order valence-corrected chi connectivity index (χ1v) is 11.6. The Morgan fingerprint density at radius 1 is 1.03 bits per heavy atom. The van der Waals surface area contributed by atoms with Gasteiger partial charge in [-0.2, -0.15) is 9.40 Å². The van der Waals surface area contributed by atoms with Crippen LogP contribution in [0.3, 0.4) is 0 Å². The molecule has 1 atom stereocenters. The van der Waals surface area contributed by atoms with Gasteiger partial charge in [0.2, 0.25) is 10.0 Å². The molecule has 0 bridgehead atoms. The summed E-state index contributed by atoms with van der Waals surface area (Å²) >= 11 is 0. The number of carbonyl (C=O) groups is 1. The predicted octanol–water partition coefficient (Wildman–Crippen LogP) is 2.38. The van der Waals surface area contributed by atoms with Gasteiger partial charge in [0.15, 0.2) is 6.10 Å². The van der Waals surface area contributed by atoms with Gasteiger partial charge in [-0.15, -0.1) is 0 Å². The first-order chi connectivity index (χ1) is 14.1. The summed E-state index contributed by atoms with van der Waals surface area (Å²) < 4.78 is 35.4. The Bertz CT molecular complexity index is 994. The number of aryl methyl sites for hydroxylation is 1. The number of carbonyl (C=O) groups excluding carboxylic acids is 1. The number of aromatic nitrogens is 2. The van der Waals surface area contributed by atoms with Crippen LogP contribution in [0.25, 0.3) is 0 Å². The van der Waals surface area contributed by atoms with Crippen molar-refractivity contribution in [2.24, 2.45) is 0 Å². The van der Waals surface area contributed by atoms with Crippen LogP contribution < -0.4 is 4.74 Å². The van der Waals surface area contributed by atoms with Crippen molar-refractivity contribution in [1.82, 2.24) is 19.0 Å². The lowest BCUT2D eigenvalue weighted by molar-refractivity contribution is -0.139. The normalized spacial score (nSPS) is 16.7. The van der Waals surface area contributed by atoms with Crippen LogP contribution in [-0.2, 0) is 14.8 Å². The zero-order chi connectivity index (χ0) is 22.1. The molecule has 1 amide bonds. The Kier molecular flexibility index (Phi) is 6.52. The van der Waals surface area contributed by atoms with Crippen LogP contribution in [0.5, 0.6) is 5.75 Å².